The molecule has 2 heterocycles. The SMILES string of the molecule is Cc1cc(C(=O)NCC(C)CO)c2cnn(C(C)C)c2n1. The van der Waals surface area contributed by atoms with Crippen LogP contribution in [0.3, 0.4) is 0 Å². The fourth-order valence-corrected chi connectivity index (χ4v) is 2.14. The Kier molecular flexibility index (Phi) is 4.57. The van der Waals surface area contributed by atoms with Gasteiger partial charge in [0.1, 0.15) is 0 Å². The molecule has 0 spiro atoms. The van der Waals surface area contributed by atoms with Gasteiger partial charge in [0.25, 0.3) is 5.91 Å². The molecular formula is C15H22N4O2. The van der Waals surface area contributed by atoms with Crippen LogP contribution >= 0.6 is 0 Å². The van der Waals surface area contributed by atoms with Crippen LogP contribution in [0.5, 0.6) is 0 Å². The maximum Gasteiger partial charge on any atom is 0.252 e. The molecule has 0 aliphatic carbocycles. The summed E-state index contributed by atoms with van der Waals surface area (Å²) in [5, 5.41) is 16.9. The van der Waals surface area contributed by atoms with E-state index in [9.17, 15) is 4.79 Å². The number of pyridine rings is 1. The number of carbonyl (C=O) groups excluding carboxylic acids is 1. The van der Waals surface area contributed by atoms with Crippen LogP contribution in [0.25, 0.3) is 11.0 Å². The largest absolute Gasteiger partial charge is 0.396 e. The predicted molar refractivity (Wildman–Crippen MR) is 81.2 cm³/mol. The average Bonchev–Trinajstić information content (AvgIpc) is 2.86. The summed E-state index contributed by atoms with van der Waals surface area (Å²) in [5.41, 5.74) is 2.09. The number of rotatable bonds is 5. The Balaban J connectivity index is 2.37. The third-order valence-corrected chi connectivity index (χ3v) is 3.35. The van der Waals surface area contributed by atoms with E-state index in [4.69, 9.17) is 5.11 Å². The van der Waals surface area contributed by atoms with E-state index in [0.29, 0.717) is 12.1 Å². The van der Waals surface area contributed by atoms with Crippen molar-refractivity contribution in [2.75, 3.05) is 13.2 Å². The highest BCUT2D eigenvalue weighted by Gasteiger charge is 2.17. The maximum absolute atomic E-state index is 12.4. The molecule has 0 saturated carbocycles. The van der Waals surface area contributed by atoms with Gasteiger partial charge in [0, 0.05) is 24.9 Å². The standard InChI is InChI=1S/C15H22N4O2/c1-9(2)19-14-13(7-17-19)12(5-11(4)18-14)15(21)16-6-10(3)8-20/h5,7,9-10,20H,6,8H2,1-4H3,(H,16,21). The van der Waals surface area contributed by atoms with Crippen molar-refractivity contribution in [1.29, 1.82) is 0 Å². The minimum absolute atomic E-state index is 0.0331. The molecule has 1 atom stereocenters. The lowest BCUT2D eigenvalue weighted by Gasteiger charge is -2.11. The van der Waals surface area contributed by atoms with Crippen LogP contribution in [-0.4, -0.2) is 38.9 Å². The van der Waals surface area contributed by atoms with Crippen LogP contribution in [0.2, 0.25) is 0 Å². The van der Waals surface area contributed by atoms with Crippen LogP contribution < -0.4 is 5.32 Å². The molecule has 0 bridgehead atoms. The lowest BCUT2D eigenvalue weighted by atomic mass is 10.1. The molecule has 2 rings (SSSR count). The molecular weight excluding hydrogens is 268 g/mol. The number of aromatic nitrogens is 3. The molecule has 0 saturated heterocycles. The van der Waals surface area contributed by atoms with Crippen molar-refractivity contribution >= 4 is 16.9 Å². The molecule has 114 valence electrons. The fourth-order valence-electron chi connectivity index (χ4n) is 2.14. The second-order valence-electron chi connectivity index (χ2n) is 5.73. The quantitative estimate of drug-likeness (QED) is 0.878. The van der Waals surface area contributed by atoms with Gasteiger partial charge in [0.05, 0.1) is 17.1 Å². The number of hydrogen-bond donors (Lipinski definition) is 2. The van der Waals surface area contributed by atoms with Crippen LogP contribution in [0.1, 0.15) is 42.9 Å². The Morgan fingerprint density at radius 3 is 2.76 bits per heavy atom. The zero-order chi connectivity index (χ0) is 15.6. The van der Waals surface area contributed by atoms with E-state index in [1.165, 1.54) is 0 Å². The van der Waals surface area contributed by atoms with Crippen molar-refractivity contribution in [3.8, 4) is 0 Å². The predicted octanol–water partition coefficient (Wildman–Crippen LogP) is 1.68. The van der Waals surface area contributed by atoms with Crippen LogP contribution in [0.15, 0.2) is 12.3 Å². The first-order chi connectivity index (χ1) is 9.93. The highest BCUT2D eigenvalue weighted by Crippen LogP contribution is 2.20. The number of carbonyl (C=O) groups is 1. The van der Waals surface area contributed by atoms with E-state index in [-0.39, 0.29) is 24.5 Å². The summed E-state index contributed by atoms with van der Waals surface area (Å²) in [6.45, 7) is 8.29. The highest BCUT2D eigenvalue weighted by molar-refractivity contribution is 6.05. The first kappa shape index (κ1) is 15.4. The Morgan fingerprint density at radius 1 is 1.43 bits per heavy atom. The van der Waals surface area contributed by atoms with Crippen molar-refractivity contribution in [2.24, 2.45) is 5.92 Å². The van der Waals surface area contributed by atoms with Gasteiger partial charge in [-0.15, -0.1) is 0 Å². The number of aryl methyl sites for hydroxylation is 1. The first-order valence-corrected chi connectivity index (χ1v) is 7.18. The Labute approximate surface area is 124 Å². The van der Waals surface area contributed by atoms with Crippen LogP contribution in [-0.2, 0) is 0 Å². The molecule has 2 aromatic rings. The number of fused-ring (bicyclic) bond motifs is 1. The second-order valence-corrected chi connectivity index (χ2v) is 5.73. The summed E-state index contributed by atoms with van der Waals surface area (Å²) in [6, 6.07) is 1.95. The number of amides is 1. The molecule has 0 fully saturated rings. The topological polar surface area (TPSA) is 80.0 Å². The summed E-state index contributed by atoms with van der Waals surface area (Å²) in [7, 11) is 0. The average molecular weight is 290 g/mol. The van der Waals surface area contributed by atoms with Crippen LogP contribution in [0.4, 0.5) is 0 Å². The molecule has 2 aromatic heterocycles. The number of nitrogens with zero attached hydrogens (tertiary/aromatic N) is 3. The highest BCUT2D eigenvalue weighted by atomic mass is 16.3. The monoisotopic (exact) mass is 290 g/mol. The van der Waals surface area contributed by atoms with Gasteiger partial charge in [0.2, 0.25) is 0 Å². The first-order valence-electron chi connectivity index (χ1n) is 7.18. The van der Waals surface area contributed by atoms with E-state index < -0.39 is 0 Å². The van der Waals surface area contributed by atoms with E-state index in [2.05, 4.69) is 15.4 Å². The fraction of sp³-hybridized carbons (Fsp3) is 0.533. The van der Waals surface area contributed by atoms with Gasteiger partial charge in [-0.05, 0) is 32.8 Å². The summed E-state index contributed by atoms with van der Waals surface area (Å²) < 4.78 is 1.81. The molecule has 6 heteroatoms. The van der Waals surface area contributed by atoms with Gasteiger partial charge >= 0.3 is 0 Å². The van der Waals surface area contributed by atoms with Crippen molar-refractivity contribution in [2.45, 2.75) is 33.7 Å². The summed E-state index contributed by atoms with van der Waals surface area (Å²) in [5.74, 6) is -0.125. The lowest BCUT2D eigenvalue weighted by molar-refractivity contribution is 0.0944. The van der Waals surface area contributed by atoms with Crippen molar-refractivity contribution < 1.29 is 9.90 Å². The van der Waals surface area contributed by atoms with Gasteiger partial charge in [-0.3, -0.25) is 4.79 Å². The smallest absolute Gasteiger partial charge is 0.252 e. The van der Waals surface area contributed by atoms with E-state index in [0.717, 1.165) is 16.7 Å². The normalized spacial score (nSPS) is 12.9. The minimum Gasteiger partial charge on any atom is -0.396 e. The zero-order valence-corrected chi connectivity index (χ0v) is 12.9. The van der Waals surface area contributed by atoms with Crippen LogP contribution in [0, 0.1) is 12.8 Å². The van der Waals surface area contributed by atoms with Gasteiger partial charge in [-0.1, -0.05) is 6.92 Å². The van der Waals surface area contributed by atoms with E-state index >= 15 is 0 Å². The van der Waals surface area contributed by atoms with Crippen molar-refractivity contribution in [3.05, 3.63) is 23.5 Å². The lowest BCUT2D eigenvalue weighted by Crippen LogP contribution is -2.29. The molecule has 21 heavy (non-hydrogen) atoms. The zero-order valence-electron chi connectivity index (χ0n) is 12.9. The van der Waals surface area contributed by atoms with Gasteiger partial charge in [-0.2, -0.15) is 5.10 Å². The van der Waals surface area contributed by atoms with Crippen molar-refractivity contribution in [3.63, 3.8) is 0 Å². The number of nitrogens with one attached hydrogen (secondary N) is 1. The van der Waals surface area contributed by atoms with Gasteiger partial charge in [-0.25, -0.2) is 9.67 Å². The third kappa shape index (κ3) is 3.21. The number of hydrogen-bond acceptors (Lipinski definition) is 4. The number of aliphatic hydroxyl groups excluding tert-OH is 1. The van der Waals surface area contributed by atoms with Crippen molar-refractivity contribution in [1.82, 2.24) is 20.1 Å². The maximum atomic E-state index is 12.4. The Hall–Kier alpha value is -1.95. The number of aliphatic hydroxyl groups is 1. The molecule has 0 aromatic carbocycles. The molecule has 1 unspecified atom stereocenters. The van der Waals surface area contributed by atoms with Gasteiger partial charge < -0.3 is 10.4 Å². The molecule has 0 aliphatic rings. The summed E-state index contributed by atoms with van der Waals surface area (Å²) in [6.07, 6.45) is 1.69. The second kappa shape index (κ2) is 6.22. The third-order valence-electron chi connectivity index (χ3n) is 3.35. The molecule has 2 N–H and O–H groups in total. The molecule has 0 radical (unpaired) electrons. The summed E-state index contributed by atoms with van der Waals surface area (Å²) >= 11 is 0. The molecule has 1 amide bonds. The summed E-state index contributed by atoms with van der Waals surface area (Å²) in [4.78, 5) is 16.8. The van der Waals surface area contributed by atoms with E-state index in [1.807, 2.05) is 32.4 Å². The minimum atomic E-state index is -0.158. The Morgan fingerprint density at radius 2 is 2.14 bits per heavy atom. The molecule has 6 nitrogen and oxygen atoms in total. The van der Waals surface area contributed by atoms with E-state index in [1.54, 1.807) is 12.3 Å². The molecule has 0 aliphatic heterocycles. The van der Waals surface area contributed by atoms with Gasteiger partial charge in [0.15, 0.2) is 5.65 Å². The Bertz CT molecular complexity index is 648.